The molecule has 2 nitrogen and oxygen atoms in total. The molecule has 5 fully saturated rings. The second-order valence-corrected chi connectivity index (χ2v) is 14.7. The van der Waals surface area contributed by atoms with Crippen LogP contribution in [0, 0.1) is 62.6 Å². The number of carbonyl (C=O) groups excluding carboxylic acids is 2. The fourth-order valence-corrected chi connectivity index (χ4v) is 11.2. The van der Waals surface area contributed by atoms with E-state index in [1.807, 2.05) is 0 Å². The summed E-state index contributed by atoms with van der Waals surface area (Å²) in [5.74, 6) is 4.77. The third-order valence-corrected chi connectivity index (χ3v) is 13.6. The molecule has 10 unspecified atom stereocenters. The Balaban J connectivity index is 1.58. The van der Waals surface area contributed by atoms with Crippen molar-refractivity contribution >= 4 is 11.6 Å². The van der Waals surface area contributed by atoms with Gasteiger partial charge in [0.25, 0.3) is 0 Å². The second-order valence-electron chi connectivity index (χ2n) is 14.7. The first-order chi connectivity index (χ1) is 14.7. The van der Waals surface area contributed by atoms with Crippen LogP contribution in [0.15, 0.2) is 0 Å². The summed E-state index contributed by atoms with van der Waals surface area (Å²) in [7, 11) is 0. The summed E-state index contributed by atoms with van der Waals surface area (Å²) >= 11 is 0. The molecule has 10 atom stereocenters. The summed E-state index contributed by atoms with van der Waals surface area (Å²) in [6, 6.07) is 0. The van der Waals surface area contributed by atoms with E-state index in [1.54, 1.807) is 0 Å². The van der Waals surface area contributed by atoms with Crippen LogP contribution in [-0.4, -0.2) is 11.6 Å². The Kier molecular flexibility index (Phi) is 4.85. The number of ketones is 2. The molecule has 0 spiro atoms. The average Bonchev–Trinajstić information content (AvgIpc) is 2.70. The van der Waals surface area contributed by atoms with Gasteiger partial charge < -0.3 is 0 Å². The maximum atomic E-state index is 13.9. The van der Waals surface area contributed by atoms with Crippen LogP contribution in [-0.2, 0) is 9.59 Å². The van der Waals surface area contributed by atoms with Gasteiger partial charge in [-0.2, -0.15) is 0 Å². The zero-order valence-electron chi connectivity index (χ0n) is 22.1. The van der Waals surface area contributed by atoms with Crippen molar-refractivity contribution in [2.75, 3.05) is 0 Å². The monoisotopic (exact) mass is 440 g/mol. The first-order valence-electron chi connectivity index (χ1n) is 13.8. The van der Waals surface area contributed by atoms with E-state index in [4.69, 9.17) is 0 Å². The second kappa shape index (κ2) is 6.72. The van der Waals surface area contributed by atoms with Gasteiger partial charge in [0.15, 0.2) is 0 Å². The quantitative estimate of drug-likeness (QED) is 0.391. The van der Waals surface area contributed by atoms with Crippen LogP contribution < -0.4 is 0 Å². The van der Waals surface area contributed by atoms with Gasteiger partial charge in [0, 0.05) is 23.7 Å². The van der Waals surface area contributed by atoms with E-state index >= 15 is 0 Å². The van der Waals surface area contributed by atoms with Gasteiger partial charge in [0.1, 0.15) is 11.6 Å². The van der Waals surface area contributed by atoms with Crippen molar-refractivity contribution in [2.45, 2.75) is 113 Å². The lowest BCUT2D eigenvalue weighted by molar-refractivity contribution is -0.238. The molecule has 0 aromatic carbocycles. The van der Waals surface area contributed by atoms with Crippen molar-refractivity contribution in [1.29, 1.82) is 0 Å². The van der Waals surface area contributed by atoms with E-state index in [9.17, 15) is 9.59 Å². The number of hydrogen-bond donors (Lipinski definition) is 0. The maximum absolute atomic E-state index is 13.9. The highest BCUT2D eigenvalue weighted by atomic mass is 16.1. The van der Waals surface area contributed by atoms with Gasteiger partial charge in [-0.1, -0.05) is 55.4 Å². The fourth-order valence-electron chi connectivity index (χ4n) is 11.2. The molecule has 180 valence electrons. The van der Waals surface area contributed by atoms with Crippen LogP contribution in [0.25, 0.3) is 0 Å². The van der Waals surface area contributed by atoms with E-state index in [0.29, 0.717) is 41.2 Å². The normalized spacial score (nSPS) is 57.1. The highest BCUT2D eigenvalue weighted by molar-refractivity contribution is 5.87. The molecule has 5 aliphatic carbocycles. The largest absolute Gasteiger partial charge is 0.299 e. The molecular formula is C30H48O2. The van der Waals surface area contributed by atoms with Gasteiger partial charge in [-0.25, -0.2) is 0 Å². The number of rotatable bonds is 0. The Morgan fingerprint density at radius 1 is 0.719 bits per heavy atom. The summed E-state index contributed by atoms with van der Waals surface area (Å²) in [6.45, 7) is 19.4. The number of Topliss-reactive ketones (excluding diaryl/α,β-unsaturated/α-hetero) is 2. The molecule has 0 aromatic rings. The Bertz CT molecular complexity index is 842. The molecule has 0 radical (unpaired) electrons. The molecule has 0 heterocycles. The first-order valence-corrected chi connectivity index (χ1v) is 13.8. The van der Waals surface area contributed by atoms with Crippen molar-refractivity contribution in [3.05, 3.63) is 0 Å². The zero-order chi connectivity index (χ0) is 23.5. The van der Waals surface area contributed by atoms with E-state index in [-0.39, 0.29) is 27.1 Å². The third-order valence-electron chi connectivity index (χ3n) is 13.6. The predicted octanol–water partition coefficient (Wildman–Crippen LogP) is 7.49. The molecule has 0 amide bonds. The molecule has 0 aromatic heterocycles. The van der Waals surface area contributed by atoms with E-state index in [2.05, 4.69) is 55.4 Å². The summed E-state index contributed by atoms with van der Waals surface area (Å²) in [6.07, 6.45) is 9.87. The molecule has 0 bridgehead atoms. The minimum absolute atomic E-state index is 0.0976. The smallest absolute Gasteiger partial charge is 0.139 e. The van der Waals surface area contributed by atoms with Crippen LogP contribution in [0.1, 0.15) is 113 Å². The third kappa shape index (κ3) is 2.54. The molecule has 2 heteroatoms. The van der Waals surface area contributed by atoms with Crippen molar-refractivity contribution in [2.24, 2.45) is 62.6 Å². The summed E-state index contributed by atoms with van der Waals surface area (Å²) in [4.78, 5) is 26.8. The first kappa shape index (κ1) is 23.1. The molecule has 0 saturated heterocycles. The maximum Gasteiger partial charge on any atom is 0.139 e. The molecule has 32 heavy (non-hydrogen) atoms. The van der Waals surface area contributed by atoms with Crippen LogP contribution in [0.2, 0.25) is 0 Å². The molecule has 5 aliphatic rings. The number of carbonyl (C=O) groups is 2. The van der Waals surface area contributed by atoms with Crippen molar-refractivity contribution in [1.82, 2.24) is 0 Å². The van der Waals surface area contributed by atoms with Gasteiger partial charge in [-0.15, -0.1) is 0 Å². The highest BCUT2D eigenvalue weighted by Crippen LogP contribution is 2.76. The predicted molar refractivity (Wildman–Crippen MR) is 130 cm³/mol. The topological polar surface area (TPSA) is 34.1 Å². The lowest BCUT2D eigenvalue weighted by Crippen LogP contribution is -2.68. The molecule has 5 saturated carbocycles. The van der Waals surface area contributed by atoms with E-state index in [1.165, 1.54) is 25.7 Å². The molecule has 0 aliphatic heterocycles. The zero-order valence-corrected chi connectivity index (χ0v) is 22.1. The number of hydrogen-bond acceptors (Lipinski definition) is 2. The van der Waals surface area contributed by atoms with Crippen molar-refractivity contribution in [3.8, 4) is 0 Å². The SMILES string of the molecule is CC1CCC2(C)C(=O)CC3(C)C(CCC4C5(C)CCC(=O)C(C)(C)C5CCC43C)C2C1C. The van der Waals surface area contributed by atoms with E-state index in [0.717, 1.165) is 38.0 Å². The number of fused-ring (bicyclic) bond motifs is 7. The fraction of sp³-hybridized carbons (Fsp3) is 0.933. The van der Waals surface area contributed by atoms with Crippen molar-refractivity contribution < 1.29 is 9.59 Å². The van der Waals surface area contributed by atoms with Gasteiger partial charge in [0.05, 0.1) is 0 Å². The Hall–Kier alpha value is -0.660. The van der Waals surface area contributed by atoms with Crippen LogP contribution >= 0.6 is 0 Å². The van der Waals surface area contributed by atoms with Gasteiger partial charge in [-0.05, 0) is 96.7 Å². The van der Waals surface area contributed by atoms with Gasteiger partial charge >= 0.3 is 0 Å². The Labute approximate surface area is 197 Å². The lowest BCUT2D eigenvalue weighted by atomic mass is 9.31. The Morgan fingerprint density at radius 3 is 2.09 bits per heavy atom. The average molecular weight is 441 g/mol. The van der Waals surface area contributed by atoms with E-state index < -0.39 is 0 Å². The molecular weight excluding hydrogens is 392 g/mol. The molecule has 5 rings (SSSR count). The highest BCUT2D eigenvalue weighted by Gasteiger charge is 2.71. The summed E-state index contributed by atoms with van der Waals surface area (Å²) < 4.78 is 0. The van der Waals surface area contributed by atoms with Crippen LogP contribution in [0.3, 0.4) is 0 Å². The standard InChI is InChI=1S/C30H48O2/c1-18-11-14-28(6)24(32)17-30(8)20(25(28)19(18)2)9-10-22-27(5)15-13-23(31)26(3,4)21(27)12-16-29(22,30)7/h18-22,25H,9-17H2,1-8H3. The Morgan fingerprint density at radius 2 is 1.41 bits per heavy atom. The lowest BCUT2D eigenvalue weighted by Gasteiger charge is -2.73. The minimum atomic E-state index is -0.194. The van der Waals surface area contributed by atoms with Crippen LogP contribution in [0.4, 0.5) is 0 Å². The van der Waals surface area contributed by atoms with Gasteiger partial charge in [-0.3, -0.25) is 9.59 Å². The van der Waals surface area contributed by atoms with Crippen molar-refractivity contribution in [3.63, 3.8) is 0 Å². The van der Waals surface area contributed by atoms with Gasteiger partial charge in [0.2, 0.25) is 0 Å². The van der Waals surface area contributed by atoms with Crippen LogP contribution in [0.5, 0.6) is 0 Å². The molecule has 0 N–H and O–H groups in total. The summed E-state index contributed by atoms with van der Waals surface area (Å²) in [5.41, 5.74) is 0.241. The summed E-state index contributed by atoms with van der Waals surface area (Å²) in [5, 5.41) is 0. The minimum Gasteiger partial charge on any atom is -0.299 e.